The van der Waals surface area contributed by atoms with E-state index in [0.717, 1.165) is 22.4 Å². The highest BCUT2D eigenvalue weighted by Crippen LogP contribution is 2.16. The van der Waals surface area contributed by atoms with Gasteiger partial charge in [-0.05, 0) is 53.8 Å². The maximum absolute atomic E-state index is 10.5. The van der Waals surface area contributed by atoms with Crippen LogP contribution in [0.25, 0.3) is 0 Å². The fraction of sp³-hybridized carbons (Fsp3) is 0.200. The lowest BCUT2D eigenvalue weighted by Crippen LogP contribution is -1.99. The summed E-state index contributed by atoms with van der Waals surface area (Å²) in [6.07, 6.45) is 1.23. The van der Waals surface area contributed by atoms with Gasteiger partial charge in [0.05, 0.1) is 0 Å². The van der Waals surface area contributed by atoms with Crippen LogP contribution in [0.2, 0.25) is 0 Å². The summed E-state index contributed by atoms with van der Waals surface area (Å²) in [6.45, 7) is 0.517. The third-order valence-corrected chi connectivity index (χ3v) is 4.31. The average molecular weight is 422 g/mol. The van der Waals surface area contributed by atoms with Crippen molar-refractivity contribution in [2.24, 2.45) is 0 Å². The van der Waals surface area contributed by atoms with E-state index in [1.165, 1.54) is 0 Å². The monoisotopic (exact) mass is 422 g/mol. The van der Waals surface area contributed by atoms with Gasteiger partial charge in [-0.15, -0.1) is 0 Å². The smallest absolute Gasteiger partial charge is 0.303 e. The zero-order chi connectivity index (χ0) is 22.5. The predicted octanol–water partition coefficient (Wildman–Crippen LogP) is 4.69. The average Bonchev–Trinajstić information content (AvgIpc) is 2.76. The van der Waals surface area contributed by atoms with Gasteiger partial charge in [-0.1, -0.05) is 54.6 Å². The van der Waals surface area contributed by atoms with E-state index in [9.17, 15) is 9.59 Å². The number of aliphatic carboxylic acids is 2. The van der Waals surface area contributed by atoms with Gasteiger partial charge in [-0.25, -0.2) is 0 Å². The molecule has 0 aromatic heterocycles. The summed E-state index contributed by atoms with van der Waals surface area (Å²) >= 11 is 0. The summed E-state index contributed by atoms with van der Waals surface area (Å²) < 4.78 is 5.69. The van der Waals surface area contributed by atoms with Crippen molar-refractivity contribution >= 4 is 11.9 Å². The number of carboxylic acids is 2. The Morgan fingerprint density at radius 1 is 0.677 bits per heavy atom. The molecule has 0 fully saturated rings. The molecule has 0 saturated heterocycles. The molecule has 3 aromatic carbocycles. The van der Waals surface area contributed by atoms with Crippen molar-refractivity contribution in [3.8, 4) is 11.5 Å². The quantitative estimate of drug-likeness (QED) is 0.462. The number of aryl methyl sites for hydroxylation is 2. The van der Waals surface area contributed by atoms with Crippen LogP contribution in [0.1, 0.15) is 29.5 Å². The van der Waals surface area contributed by atoms with Crippen molar-refractivity contribution in [1.82, 2.24) is 0 Å². The van der Waals surface area contributed by atoms with Crippen LogP contribution >= 0.6 is 0 Å². The van der Waals surface area contributed by atoms with Crippen LogP contribution in [0, 0.1) is 0 Å². The molecule has 3 aromatic rings. The molecule has 0 spiro atoms. The van der Waals surface area contributed by atoms with Crippen LogP contribution < -0.4 is 4.74 Å². The van der Waals surface area contributed by atoms with E-state index in [-0.39, 0.29) is 18.6 Å². The second-order valence-corrected chi connectivity index (χ2v) is 6.88. The maximum atomic E-state index is 10.5. The molecular formula is C25H26O6. The minimum atomic E-state index is -0.821. The Bertz CT molecular complexity index is 969. The first-order chi connectivity index (χ1) is 14.9. The first-order valence-electron chi connectivity index (χ1n) is 9.89. The van der Waals surface area contributed by atoms with Crippen molar-refractivity contribution in [2.75, 3.05) is 0 Å². The molecular weight excluding hydrogens is 396 g/mol. The van der Waals surface area contributed by atoms with Gasteiger partial charge in [0.2, 0.25) is 0 Å². The van der Waals surface area contributed by atoms with Gasteiger partial charge in [0, 0.05) is 12.8 Å². The van der Waals surface area contributed by atoms with Crippen molar-refractivity contribution in [3.63, 3.8) is 0 Å². The first-order valence-corrected chi connectivity index (χ1v) is 9.89. The van der Waals surface area contributed by atoms with E-state index in [0.29, 0.717) is 19.4 Å². The Morgan fingerprint density at radius 3 is 1.81 bits per heavy atom. The predicted molar refractivity (Wildman–Crippen MR) is 117 cm³/mol. The molecule has 0 atom stereocenters. The zero-order valence-corrected chi connectivity index (χ0v) is 17.1. The SMILES string of the molecule is O=C(O)CCc1cccc(O)c1.O=C(O)CCc1cccc(OCc2ccccc2)c1. The lowest BCUT2D eigenvalue weighted by atomic mass is 10.1. The molecule has 162 valence electrons. The van der Waals surface area contributed by atoms with Gasteiger partial charge in [0.15, 0.2) is 0 Å². The van der Waals surface area contributed by atoms with E-state index in [1.54, 1.807) is 24.3 Å². The van der Waals surface area contributed by atoms with Gasteiger partial charge in [-0.2, -0.15) is 0 Å². The van der Waals surface area contributed by atoms with Gasteiger partial charge in [0.1, 0.15) is 18.1 Å². The topological polar surface area (TPSA) is 104 Å². The summed E-state index contributed by atoms with van der Waals surface area (Å²) in [5.41, 5.74) is 2.93. The molecule has 0 radical (unpaired) electrons. The van der Waals surface area contributed by atoms with E-state index >= 15 is 0 Å². The highest BCUT2D eigenvalue weighted by Gasteiger charge is 2.02. The van der Waals surface area contributed by atoms with Crippen molar-refractivity contribution in [1.29, 1.82) is 0 Å². The summed E-state index contributed by atoms with van der Waals surface area (Å²) in [5.74, 6) is -0.654. The number of hydrogen-bond acceptors (Lipinski definition) is 4. The maximum Gasteiger partial charge on any atom is 0.303 e. The Kier molecular flexibility index (Phi) is 9.62. The van der Waals surface area contributed by atoms with Crippen molar-refractivity contribution < 1.29 is 29.6 Å². The molecule has 3 rings (SSSR count). The zero-order valence-electron chi connectivity index (χ0n) is 17.1. The molecule has 0 aliphatic rings. The Balaban J connectivity index is 0.000000245. The van der Waals surface area contributed by atoms with Gasteiger partial charge in [0.25, 0.3) is 0 Å². The van der Waals surface area contributed by atoms with Crippen LogP contribution in [-0.4, -0.2) is 27.3 Å². The van der Waals surface area contributed by atoms with Gasteiger partial charge in [-0.3, -0.25) is 9.59 Å². The summed E-state index contributed by atoms with van der Waals surface area (Å²) in [4.78, 5) is 20.7. The first kappa shape index (κ1) is 23.5. The normalized spacial score (nSPS) is 9.94. The molecule has 6 nitrogen and oxygen atoms in total. The fourth-order valence-corrected chi connectivity index (χ4v) is 2.75. The Hall–Kier alpha value is -3.80. The fourth-order valence-electron chi connectivity index (χ4n) is 2.75. The number of ether oxygens (including phenoxy) is 1. The van der Waals surface area contributed by atoms with Crippen LogP contribution in [0.15, 0.2) is 78.9 Å². The van der Waals surface area contributed by atoms with Crippen LogP contribution in [0.4, 0.5) is 0 Å². The van der Waals surface area contributed by atoms with Crippen molar-refractivity contribution in [2.45, 2.75) is 32.3 Å². The van der Waals surface area contributed by atoms with E-state index in [1.807, 2.05) is 54.6 Å². The van der Waals surface area contributed by atoms with E-state index in [2.05, 4.69) is 0 Å². The Labute approximate surface area is 181 Å². The number of carboxylic acid groups (broad SMARTS) is 2. The molecule has 0 amide bonds. The minimum Gasteiger partial charge on any atom is -0.508 e. The summed E-state index contributed by atoms with van der Waals surface area (Å²) in [5, 5.41) is 26.1. The van der Waals surface area contributed by atoms with E-state index < -0.39 is 11.9 Å². The summed E-state index contributed by atoms with van der Waals surface area (Å²) in [7, 11) is 0. The Morgan fingerprint density at radius 2 is 1.23 bits per heavy atom. The van der Waals surface area contributed by atoms with Gasteiger partial charge >= 0.3 is 11.9 Å². The molecule has 0 bridgehead atoms. The number of benzene rings is 3. The van der Waals surface area contributed by atoms with Crippen LogP contribution in [-0.2, 0) is 29.0 Å². The highest BCUT2D eigenvalue weighted by atomic mass is 16.5. The number of rotatable bonds is 9. The molecule has 3 N–H and O–H groups in total. The molecule has 0 aliphatic carbocycles. The third kappa shape index (κ3) is 9.99. The number of phenols is 1. The lowest BCUT2D eigenvalue weighted by Gasteiger charge is -2.07. The third-order valence-electron chi connectivity index (χ3n) is 4.31. The van der Waals surface area contributed by atoms with Crippen molar-refractivity contribution in [3.05, 3.63) is 95.6 Å². The molecule has 0 saturated carbocycles. The molecule has 0 unspecified atom stereocenters. The number of phenolic OH excluding ortho intramolecular Hbond substituents is 1. The summed E-state index contributed by atoms with van der Waals surface area (Å²) in [6, 6.07) is 24.1. The molecule has 31 heavy (non-hydrogen) atoms. The number of hydrogen-bond donors (Lipinski definition) is 3. The number of carbonyl (C=O) groups is 2. The van der Waals surface area contributed by atoms with Gasteiger partial charge < -0.3 is 20.1 Å². The standard InChI is InChI=1S/C16H16O3.C9H10O3/c17-16(18)10-9-13-7-4-8-15(11-13)19-12-14-5-2-1-3-6-14;10-8-3-1-2-7(6-8)4-5-9(11)12/h1-8,11H,9-10,12H2,(H,17,18);1-3,6,10H,4-5H2,(H,11,12). The van der Waals surface area contributed by atoms with Crippen LogP contribution in [0.3, 0.4) is 0 Å². The van der Waals surface area contributed by atoms with E-state index in [4.69, 9.17) is 20.1 Å². The second kappa shape index (κ2) is 12.7. The lowest BCUT2D eigenvalue weighted by molar-refractivity contribution is -0.138. The molecule has 6 heteroatoms. The minimum absolute atomic E-state index is 0.101. The largest absolute Gasteiger partial charge is 0.508 e. The molecule has 0 aliphatic heterocycles. The highest BCUT2D eigenvalue weighted by molar-refractivity contribution is 5.67. The van der Waals surface area contributed by atoms with Crippen LogP contribution in [0.5, 0.6) is 11.5 Å². The number of aromatic hydroxyl groups is 1. The second-order valence-electron chi connectivity index (χ2n) is 6.88. The molecule has 0 heterocycles.